The zero-order valence-corrected chi connectivity index (χ0v) is 10.4. The Bertz CT molecular complexity index is 384. The summed E-state index contributed by atoms with van der Waals surface area (Å²) in [5, 5.41) is 12.4. The molecule has 0 aliphatic carbocycles. The van der Waals surface area contributed by atoms with Gasteiger partial charge in [0.1, 0.15) is 11.6 Å². The minimum absolute atomic E-state index is 0.0560. The predicted octanol–water partition coefficient (Wildman–Crippen LogP) is 2.29. The molecule has 16 heavy (non-hydrogen) atoms. The van der Waals surface area contributed by atoms with Gasteiger partial charge in [0.25, 0.3) is 5.91 Å². The molecule has 0 spiro atoms. The predicted molar refractivity (Wildman–Crippen MR) is 63.4 cm³/mol. The van der Waals surface area contributed by atoms with Crippen molar-refractivity contribution in [1.29, 1.82) is 0 Å². The highest BCUT2D eigenvalue weighted by molar-refractivity contribution is 9.09. The zero-order valence-electron chi connectivity index (χ0n) is 8.84. The van der Waals surface area contributed by atoms with Crippen LogP contribution in [0.5, 0.6) is 5.75 Å². The molecule has 0 fully saturated rings. The largest absolute Gasteiger partial charge is 0.508 e. The Labute approximate surface area is 102 Å². The van der Waals surface area contributed by atoms with Gasteiger partial charge in [-0.25, -0.2) is 4.39 Å². The normalized spacial score (nSPS) is 12.2. The van der Waals surface area contributed by atoms with Crippen LogP contribution < -0.4 is 5.32 Å². The van der Waals surface area contributed by atoms with Gasteiger partial charge in [-0.2, -0.15) is 0 Å². The van der Waals surface area contributed by atoms with E-state index in [2.05, 4.69) is 21.2 Å². The Balaban J connectivity index is 2.66. The fourth-order valence-electron chi connectivity index (χ4n) is 1.10. The Hall–Kier alpha value is -1.10. The van der Waals surface area contributed by atoms with Gasteiger partial charge in [-0.1, -0.05) is 22.9 Å². The summed E-state index contributed by atoms with van der Waals surface area (Å²) in [5.74, 6) is -1.10. The van der Waals surface area contributed by atoms with Crippen molar-refractivity contribution < 1.29 is 14.3 Å². The van der Waals surface area contributed by atoms with Gasteiger partial charge in [0.2, 0.25) is 0 Å². The average molecular weight is 290 g/mol. The number of alkyl halides is 1. The monoisotopic (exact) mass is 289 g/mol. The first kappa shape index (κ1) is 13.0. The molecule has 3 nitrogen and oxygen atoms in total. The molecule has 1 amide bonds. The third kappa shape index (κ3) is 3.48. The summed E-state index contributed by atoms with van der Waals surface area (Å²) in [4.78, 5) is 11.5. The molecule has 88 valence electrons. The number of hydrogen-bond donors (Lipinski definition) is 2. The minimum Gasteiger partial charge on any atom is -0.508 e. The number of benzene rings is 1. The molecule has 0 aliphatic rings. The molecule has 1 rings (SSSR count). The van der Waals surface area contributed by atoms with E-state index >= 15 is 0 Å². The molecule has 1 aromatic rings. The van der Waals surface area contributed by atoms with E-state index in [1.165, 1.54) is 12.1 Å². The summed E-state index contributed by atoms with van der Waals surface area (Å²) in [6.07, 6.45) is 0. The van der Waals surface area contributed by atoms with Crippen molar-refractivity contribution in [2.24, 2.45) is 5.92 Å². The number of amides is 1. The smallest absolute Gasteiger partial charge is 0.254 e. The SMILES string of the molecule is CC(CBr)CNC(=O)c1ccc(O)cc1F. The van der Waals surface area contributed by atoms with Gasteiger partial charge in [0, 0.05) is 17.9 Å². The number of carbonyl (C=O) groups is 1. The van der Waals surface area contributed by atoms with E-state index in [1.807, 2.05) is 6.92 Å². The molecule has 1 unspecified atom stereocenters. The van der Waals surface area contributed by atoms with Crippen molar-refractivity contribution in [3.63, 3.8) is 0 Å². The van der Waals surface area contributed by atoms with Gasteiger partial charge in [-0.15, -0.1) is 0 Å². The Kier molecular flexibility index (Phi) is 4.73. The van der Waals surface area contributed by atoms with Crippen molar-refractivity contribution in [3.05, 3.63) is 29.6 Å². The maximum Gasteiger partial charge on any atom is 0.254 e. The van der Waals surface area contributed by atoms with Gasteiger partial charge >= 0.3 is 0 Å². The lowest BCUT2D eigenvalue weighted by atomic mass is 10.1. The highest BCUT2D eigenvalue weighted by Gasteiger charge is 2.12. The number of carbonyl (C=O) groups excluding carboxylic acids is 1. The summed E-state index contributed by atoms with van der Waals surface area (Å²) < 4.78 is 13.3. The highest BCUT2D eigenvalue weighted by Crippen LogP contribution is 2.14. The van der Waals surface area contributed by atoms with E-state index in [9.17, 15) is 9.18 Å². The Morgan fingerprint density at radius 3 is 2.88 bits per heavy atom. The molecule has 0 aromatic heterocycles. The van der Waals surface area contributed by atoms with Crippen molar-refractivity contribution >= 4 is 21.8 Å². The fourth-order valence-corrected chi connectivity index (χ4v) is 1.33. The standard InChI is InChI=1S/C11H13BrFNO2/c1-7(5-12)6-14-11(16)9-3-2-8(15)4-10(9)13/h2-4,7,15H,5-6H2,1H3,(H,14,16). The van der Waals surface area contributed by atoms with Crippen LogP contribution in [0.2, 0.25) is 0 Å². The zero-order chi connectivity index (χ0) is 12.1. The average Bonchev–Trinajstić information content (AvgIpc) is 2.25. The lowest BCUT2D eigenvalue weighted by Gasteiger charge is -2.10. The molecular formula is C11H13BrFNO2. The molecular weight excluding hydrogens is 277 g/mol. The van der Waals surface area contributed by atoms with Gasteiger partial charge in [0.05, 0.1) is 5.56 Å². The number of phenolic OH excluding ortho intramolecular Hbond substituents is 1. The maximum absolute atomic E-state index is 13.3. The van der Waals surface area contributed by atoms with Crippen LogP contribution in [0.15, 0.2) is 18.2 Å². The van der Waals surface area contributed by atoms with E-state index in [1.54, 1.807) is 0 Å². The van der Waals surface area contributed by atoms with Crippen LogP contribution in [0.25, 0.3) is 0 Å². The molecule has 5 heteroatoms. The summed E-state index contributed by atoms with van der Waals surface area (Å²) >= 11 is 3.29. The lowest BCUT2D eigenvalue weighted by Crippen LogP contribution is -2.29. The number of rotatable bonds is 4. The first-order valence-electron chi connectivity index (χ1n) is 4.87. The van der Waals surface area contributed by atoms with Crippen LogP contribution in [-0.4, -0.2) is 22.9 Å². The van der Waals surface area contributed by atoms with E-state index < -0.39 is 11.7 Å². The second-order valence-electron chi connectivity index (χ2n) is 3.63. The van der Waals surface area contributed by atoms with Crippen LogP contribution in [0, 0.1) is 11.7 Å². The summed E-state index contributed by atoms with van der Waals surface area (Å²) in [6.45, 7) is 2.44. The topological polar surface area (TPSA) is 49.3 Å². The molecule has 0 bridgehead atoms. The molecule has 2 N–H and O–H groups in total. The van der Waals surface area contributed by atoms with Crippen LogP contribution in [0.3, 0.4) is 0 Å². The lowest BCUT2D eigenvalue weighted by molar-refractivity contribution is 0.0945. The van der Waals surface area contributed by atoms with Gasteiger partial charge in [0.15, 0.2) is 0 Å². The third-order valence-corrected chi connectivity index (χ3v) is 3.18. The number of aromatic hydroxyl groups is 1. The fraction of sp³-hybridized carbons (Fsp3) is 0.364. The number of phenols is 1. The third-order valence-electron chi connectivity index (χ3n) is 2.07. The maximum atomic E-state index is 13.3. The molecule has 0 heterocycles. The summed E-state index contributed by atoms with van der Waals surface area (Å²) in [6, 6.07) is 3.47. The van der Waals surface area contributed by atoms with Crippen LogP contribution in [0.1, 0.15) is 17.3 Å². The van der Waals surface area contributed by atoms with Crippen molar-refractivity contribution in [1.82, 2.24) is 5.32 Å². The van der Waals surface area contributed by atoms with Crippen LogP contribution >= 0.6 is 15.9 Å². The van der Waals surface area contributed by atoms with Crippen molar-refractivity contribution in [2.75, 3.05) is 11.9 Å². The quantitative estimate of drug-likeness (QED) is 0.836. The molecule has 0 aliphatic heterocycles. The van der Waals surface area contributed by atoms with E-state index in [4.69, 9.17) is 5.11 Å². The van der Waals surface area contributed by atoms with E-state index in [0.717, 1.165) is 11.4 Å². The van der Waals surface area contributed by atoms with E-state index in [0.29, 0.717) is 6.54 Å². The number of hydrogen-bond acceptors (Lipinski definition) is 2. The van der Waals surface area contributed by atoms with E-state index in [-0.39, 0.29) is 17.2 Å². The van der Waals surface area contributed by atoms with Crippen molar-refractivity contribution in [3.8, 4) is 5.75 Å². The van der Waals surface area contributed by atoms with Gasteiger partial charge in [-0.3, -0.25) is 4.79 Å². The molecule has 1 atom stereocenters. The molecule has 1 aromatic carbocycles. The second kappa shape index (κ2) is 5.84. The summed E-state index contributed by atoms with van der Waals surface area (Å²) in [5.41, 5.74) is -0.0560. The Morgan fingerprint density at radius 2 is 2.31 bits per heavy atom. The minimum atomic E-state index is -0.719. The molecule has 0 saturated heterocycles. The van der Waals surface area contributed by atoms with Gasteiger partial charge < -0.3 is 10.4 Å². The molecule has 0 saturated carbocycles. The summed E-state index contributed by atoms with van der Waals surface area (Å²) in [7, 11) is 0. The van der Waals surface area contributed by atoms with Crippen molar-refractivity contribution in [2.45, 2.75) is 6.92 Å². The van der Waals surface area contributed by atoms with Gasteiger partial charge in [-0.05, 0) is 18.1 Å². The highest BCUT2D eigenvalue weighted by atomic mass is 79.9. The molecule has 0 radical (unpaired) electrons. The Morgan fingerprint density at radius 1 is 1.62 bits per heavy atom. The van der Waals surface area contributed by atoms with Crippen LogP contribution in [-0.2, 0) is 0 Å². The number of nitrogens with one attached hydrogen (secondary N) is 1. The first-order chi connectivity index (χ1) is 7.54. The number of halogens is 2. The second-order valence-corrected chi connectivity index (χ2v) is 4.28. The van der Waals surface area contributed by atoms with Crippen LogP contribution in [0.4, 0.5) is 4.39 Å². The first-order valence-corrected chi connectivity index (χ1v) is 5.99.